The minimum atomic E-state index is -0.000622. The average molecular weight is 469 g/mol. The van der Waals surface area contributed by atoms with Gasteiger partial charge in [-0.1, -0.05) is 30.3 Å². The maximum Gasteiger partial charge on any atom is 0.238 e. The molecule has 0 radical (unpaired) electrons. The molecule has 0 atom stereocenters. The second-order valence-electron chi connectivity index (χ2n) is 9.20. The van der Waals surface area contributed by atoms with Crippen molar-refractivity contribution in [2.75, 3.05) is 70.8 Å². The van der Waals surface area contributed by atoms with E-state index in [2.05, 4.69) is 32.1 Å². The van der Waals surface area contributed by atoms with Gasteiger partial charge >= 0.3 is 0 Å². The van der Waals surface area contributed by atoms with Crippen LogP contribution in [0.5, 0.6) is 0 Å². The van der Waals surface area contributed by atoms with Crippen molar-refractivity contribution >= 4 is 17.5 Å². The highest BCUT2D eigenvalue weighted by atomic mass is 16.5. The normalized spacial score (nSPS) is 18.2. The topological polar surface area (TPSA) is 85.2 Å². The number of nitrogens with zero attached hydrogens (tertiary/aromatic N) is 5. The van der Waals surface area contributed by atoms with Crippen molar-refractivity contribution in [2.45, 2.75) is 26.8 Å². The van der Waals surface area contributed by atoms with Gasteiger partial charge in [-0.2, -0.15) is 0 Å². The van der Waals surface area contributed by atoms with Crippen molar-refractivity contribution < 1.29 is 14.1 Å². The summed E-state index contributed by atoms with van der Waals surface area (Å²) in [5.41, 5.74) is 2.99. The predicted molar refractivity (Wildman–Crippen MR) is 130 cm³/mol. The molecule has 2 saturated heterocycles. The molecule has 9 nitrogen and oxygen atoms in total. The maximum atomic E-state index is 12.8. The van der Waals surface area contributed by atoms with Crippen molar-refractivity contribution in [3.05, 3.63) is 47.3 Å². The van der Waals surface area contributed by atoms with Crippen LogP contribution in [0.2, 0.25) is 0 Å². The molecular weight excluding hydrogens is 432 g/mol. The Morgan fingerprint density at radius 2 is 1.59 bits per heavy atom. The Morgan fingerprint density at radius 3 is 2.26 bits per heavy atom. The van der Waals surface area contributed by atoms with Gasteiger partial charge in [0.05, 0.1) is 18.8 Å². The first kappa shape index (κ1) is 24.4. The van der Waals surface area contributed by atoms with Crippen molar-refractivity contribution in [1.29, 1.82) is 0 Å². The highest BCUT2D eigenvalue weighted by Gasteiger charge is 2.26. The van der Waals surface area contributed by atoms with Gasteiger partial charge in [-0.25, -0.2) is 0 Å². The average Bonchev–Trinajstić information content (AvgIpc) is 3.25. The molecule has 1 N–H and O–H groups in total. The second kappa shape index (κ2) is 11.6. The zero-order valence-corrected chi connectivity index (χ0v) is 20.3. The van der Waals surface area contributed by atoms with Crippen LogP contribution >= 0.6 is 0 Å². The predicted octanol–water partition coefficient (Wildman–Crippen LogP) is 1.45. The largest absolute Gasteiger partial charge is 0.361 e. The molecule has 3 heterocycles. The molecule has 1 aromatic carbocycles. The molecule has 2 fully saturated rings. The molecule has 0 saturated carbocycles. The van der Waals surface area contributed by atoms with E-state index in [4.69, 9.17) is 4.52 Å². The third kappa shape index (κ3) is 6.65. The molecule has 0 spiro atoms. The van der Waals surface area contributed by atoms with Crippen molar-refractivity contribution in [3.63, 3.8) is 0 Å². The van der Waals surface area contributed by atoms with E-state index in [1.807, 2.05) is 42.2 Å². The van der Waals surface area contributed by atoms with Gasteiger partial charge in [0.1, 0.15) is 5.76 Å². The molecule has 0 bridgehead atoms. The number of piperazine rings is 2. The van der Waals surface area contributed by atoms with Crippen LogP contribution in [0.1, 0.15) is 23.9 Å². The molecule has 34 heavy (non-hydrogen) atoms. The van der Waals surface area contributed by atoms with E-state index in [0.29, 0.717) is 26.2 Å². The minimum Gasteiger partial charge on any atom is -0.361 e. The van der Waals surface area contributed by atoms with Gasteiger partial charge in [0.15, 0.2) is 0 Å². The number of carbonyl (C=O) groups excluding carboxylic acids is 2. The third-order valence-electron chi connectivity index (χ3n) is 6.65. The summed E-state index contributed by atoms with van der Waals surface area (Å²) in [5, 5.41) is 7.11. The molecule has 0 unspecified atom stereocenters. The Morgan fingerprint density at radius 1 is 0.941 bits per heavy atom. The second-order valence-corrected chi connectivity index (χ2v) is 9.20. The van der Waals surface area contributed by atoms with Crippen LogP contribution in [0, 0.1) is 6.92 Å². The van der Waals surface area contributed by atoms with Crippen molar-refractivity contribution in [2.24, 2.45) is 0 Å². The fourth-order valence-corrected chi connectivity index (χ4v) is 4.62. The maximum absolute atomic E-state index is 12.8. The number of nitrogens with one attached hydrogen (secondary N) is 1. The fraction of sp³-hybridized carbons (Fsp3) is 0.560. The lowest BCUT2D eigenvalue weighted by Gasteiger charge is -2.37. The SMILES string of the molecule is CCc1ccccc1NC(=O)CN1CCN(C(=O)CN2CCN(Cc3cc(C)on3)CC2)CC1. The molecule has 2 amide bonds. The first-order valence-corrected chi connectivity index (χ1v) is 12.2. The highest BCUT2D eigenvalue weighted by molar-refractivity contribution is 5.93. The molecule has 9 heteroatoms. The summed E-state index contributed by atoms with van der Waals surface area (Å²) in [6.45, 7) is 12.0. The first-order valence-electron chi connectivity index (χ1n) is 12.2. The quantitative estimate of drug-likeness (QED) is 0.628. The van der Waals surface area contributed by atoms with Crippen LogP contribution < -0.4 is 5.32 Å². The van der Waals surface area contributed by atoms with Gasteiger partial charge in [-0.05, 0) is 25.0 Å². The van der Waals surface area contributed by atoms with Crippen molar-refractivity contribution in [3.8, 4) is 0 Å². The van der Waals surface area contributed by atoms with Crippen LogP contribution in [0.3, 0.4) is 0 Å². The highest BCUT2D eigenvalue weighted by Crippen LogP contribution is 2.15. The fourth-order valence-electron chi connectivity index (χ4n) is 4.62. The zero-order chi connectivity index (χ0) is 23.9. The van der Waals surface area contributed by atoms with Gasteiger partial charge < -0.3 is 14.7 Å². The Labute approximate surface area is 201 Å². The standard InChI is InChI=1S/C25H36N6O3/c1-3-21-6-4-5-7-23(21)26-24(32)18-29-12-14-31(15-13-29)25(33)19-30-10-8-28(9-11-30)17-22-16-20(2)34-27-22/h4-7,16H,3,8-15,17-19H2,1-2H3,(H,26,32). The van der Waals surface area contributed by atoms with E-state index in [1.54, 1.807) is 0 Å². The Bertz CT molecular complexity index is 961. The molecule has 4 rings (SSSR count). The summed E-state index contributed by atoms with van der Waals surface area (Å²) in [4.78, 5) is 34.0. The third-order valence-corrected chi connectivity index (χ3v) is 6.65. The monoisotopic (exact) mass is 468 g/mol. The molecular formula is C25H36N6O3. The number of benzene rings is 1. The first-order chi connectivity index (χ1) is 16.5. The lowest BCUT2D eigenvalue weighted by molar-refractivity contribution is -0.134. The summed E-state index contributed by atoms with van der Waals surface area (Å²) in [6.07, 6.45) is 0.883. The smallest absolute Gasteiger partial charge is 0.238 e. The van der Waals surface area contributed by atoms with E-state index in [-0.39, 0.29) is 11.8 Å². The van der Waals surface area contributed by atoms with Gasteiger partial charge in [-0.3, -0.25) is 24.3 Å². The summed E-state index contributed by atoms with van der Waals surface area (Å²) in [7, 11) is 0. The Kier molecular flexibility index (Phi) is 8.31. The van der Waals surface area contributed by atoms with Gasteiger partial charge in [0.2, 0.25) is 11.8 Å². The number of para-hydroxylation sites is 1. The summed E-state index contributed by atoms with van der Waals surface area (Å²) < 4.78 is 5.15. The summed E-state index contributed by atoms with van der Waals surface area (Å²) in [6, 6.07) is 9.89. The van der Waals surface area contributed by atoms with Crippen LogP contribution in [0.15, 0.2) is 34.9 Å². The molecule has 2 aromatic rings. The van der Waals surface area contributed by atoms with Gasteiger partial charge in [-0.15, -0.1) is 0 Å². The number of aryl methyl sites for hydroxylation is 2. The lowest BCUT2D eigenvalue weighted by atomic mass is 10.1. The zero-order valence-electron chi connectivity index (χ0n) is 20.3. The number of hydrogen-bond donors (Lipinski definition) is 1. The van der Waals surface area contributed by atoms with Gasteiger partial charge in [0, 0.05) is 70.7 Å². The van der Waals surface area contributed by atoms with Crippen LogP contribution in [0.4, 0.5) is 5.69 Å². The van der Waals surface area contributed by atoms with Crippen LogP contribution in [0.25, 0.3) is 0 Å². The molecule has 0 aliphatic carbocycles. The van der Waals surface area contributed by atoms with Crippen LogP contribution in [-0.2, 0) is 22.6 Å². The van der Waals surface area contributed by atoms with E-state index < -0.39 is 0 Å². The van der Waals surface area contributed by atoms with E-state index in [0.717, 1.165) is 74.9 Å². The number of amides is 2. The Balaban J connectivity index is 1.14. The number of carbonyl (C=O) groups is 2. The summed E-state index contributed by atoms with van der Waals surface area (Å²) in [5.74, 6) is 1.02. The summed E-state index contributed by atoms with van der Waals surface area (Å²) >= 11 is 0. The number of anilines is 1. The van der Waals surface area contributed by atoms with Gasteiger partial charge in [0.25, 0.3) is 0 Å². The minimum absolute atomic E-state index is 0.000622. The van der Waals surface area contributed by atoms with E-state index in [1.165, 1.54) is 0 Å². The van der Waals surface area contributed by atoms with Crippen molar-refractivity contribution in [1.82, 2.24) is 24.8 Å². The van der Waals surface area contributed by atoms with E-state index in [9.17, 15) is 9.59 Å². The molecule has 2 aliphatic heterocycles. The molecule has 184 valence electrons. The number of aromatic nitrogens is 1. The molecule has 2 aliphatic rings. The number of hydrogen-bond acceptors (Lipinski definition) is 7. The Hall–Kier alpha value is -2.75. The van der Waals surface area contributed by atoms with E-state index >= 15 is 0 Å². The lowest BCUT2D eigenvalue weighted by Crippen LogP contribution is -2.54. The molecule has 1 aromatic heterocycles. The van der Waals surface area contributed by atoms with Crippen LogP contribution in [-0.4, -0.2) is 102 Å². The number of rotatable bonds is 8.